The molecule has 1 amide bonds. The first-order chi connectivity index (χ1) is 17.5. The van der Waals surface area contributed by atoms with Crippen molar-refractivity contribution in [2.24, 2.45) is 4.99 Å². The zero-order chi connectivity index (χ0) is 25.0. The van der Waals surface area contributed by atoms with Gasteiger partial charge in [0.2, 0.25) is 0 Å². The first-order valence-electron chi connectivity index (χ1n) is 11.7. The highest BCUT2D eigenvalue weighted by atomic mass is 32.2. The number of benzene rings is 3. The molecule has 0 bridgehead atoms. The van der Waals surface area contributed by atoms with Gasteiger partial charge in [-0.25, -0.2) is 4.99 Å². The van der Waals surface area contributed by atoms with E-state index in [1.165, 1.54) is 11.8 Å². The molecule has 36 heavy (non-hydrogen) atoms. The van der Waals surface area contributed by atoms with Crippen LogP contribution < -0.4 is 4.90 Å². The van der Waals surface area contributed by atoms with Crippen molar-refractivity contribution in [2.75, 3.05) is 18.0 Å². The van der Waals surface area contributed by atoms with Gasteiger partial charge in [0, 0.05) is 40.2 Å². The lowest BCUT2D eigenvalue weighted by Gasteiger charge is -2.19. The number of hydrogen-bond donors (Lipinski definition) is 0. The quantitative estimate of drug-likeness (QED) is 0.322. The van der Waals surface area contributed by atoms with Crippen LogP contribution in [0.3, 0.4) is 0 Å². The molecule has 3 aliphatic rings. The van der Waals surface area contributed by atoms with Crippen LogP contribution in [0.25, 0.3) is 0 Å². The maximum Gasteiger partial charge on any atom is 0.269 e. The van der Waals surface area contributed by atoms with Gasteiger partial charge in [-0.3, -0.25) is 19.3 Å². The summed E-state index contributed by atoms with van der Waals surface area (Å²) in [6, 6.07) is 20.1. The second kappa shape index (κ2) is 8.80. The Morgan fingerprint density at radius 1 is 0.722 bits per heavy atom. The van der Waals surface area contributed by atoms with Crippen LogP contribution in [-0.4, -0.2) is 40.6 Å². The van der Waals surface area contributed by atoms with Gasteiger partial charge in [-0.05, 0) is 55.9 Å². The van der Waals surface area contributed by atoms with Gasteiger partial charge in [0.05, 0.1) is 11.4 Å². The molecule has 2 aliphatic heterocycles. The summed E-state index contributed by atoms with van der Waals surface area (Å²) < 4.78 is 0. The predicted octanol–water partition coefficient (Wildman–Crippen LogP) is 5.85. The smallest absolute Gasteiger partial charge is 0.269 e. The summed E-state index contributed by atoms with van der Waals surface area (Å²) in [5.74, 6) is -0.427. The standard InChI is InChI=1S/C28H21N3O3S2/c1-3-30-21-11-7-8-12-22(21)35-27(30)25-26(34)31(4-2)28(36-25)29-16-13-14-19-20(15-16)24(33)18-10-6-5-9-17(18)23(19)32/h5-15H,3-4H2,1-2H3/b27-25-,29-28?. The number of ketones is 2. The molecular weight excluding hydrogens is 490 g/mol. The normalized spacial score (nSPS) is 19.7. The molecule has 1 fully saturated rings. The number of anilines is 1. The molecular formula is C28H21N3O3S2. The van der Waals surface area contributed by atoms with Crippen molar-refractivity contribution in [3.63, 3.8) is 0 Å². The van der Waals surface area contributed by atoms with Crippen LogP contribution in [0, 0.1) is 0 Å². The summed E-state index contributed by atoms with van der Waals surface area (Å²) in [7, 11) is 0. The van der Waals surface area contributed by atoms with E-state index < -0.39 is 0 Å². The van der Waals surface area contributed by atoms with Crippen molar-refractivity contribution in [1.82, 2.24) is 4.90 Å². The molecule has 3 aromatic rings. The molecule has 178 valence electrons. The number of carbonyl (C=O) groups is 3. The Hall–Kier alpha value is -3.62. The van der Waals surface area contributed by atoms with E-state index in [0.717, 1.165) is 22.2 Å². The molecule has 6 rings (SSSR count). The first kappa shape index (κ1) is 22.8. The monoisotopic (exact) mass is 511 g/mol. The molecule has 0 saturated carbocycles. The maximum atomic E-state index is 13.4. The van der Waals surface area contributed by atoms with E-state index >= 15 is 0 Å². The third-order valence-electron chi connectivity index (χ3n) is 6.43. The molecule has 2 heterocycles. The van der Waals surface area contributed by atoms with Gasteiger partial charge in [-0.1, -0.05) is 48.2 Å². The largest absolute Gasteiger partial charge is 0.334 e. The van der Waals surface area contributed by atoms with Gasteiger partial charge < -0.3 is 4.90 Å². The Bertz CT molecular complexity index is 1540. The van der Waals surface area contributed by atoms with Gasteiger partial charge in [0.1, 0.15) is 9.93 Å². The highest BCUT2D eigenvalue weighted by Gasteiger charge is 2.39. The van der Waals surface area contributed by atoms with Gasteiger partial charge in [0.25, 0.3) is 5.91 Å². The number of rotatable bonds is 3. The number of para-hydroxylation sites is 1. The number of fused-ring (bicyclic) bond motifs is 3. The SMILES string of the molecule is CCN1C(=O)/C(=C2/Sc3ccccc3N2CC)SC1=Nc1ccc2c(c1)C(=O)c1ccccc1C2=O. The average Bonchev–Trinajstić information content (AvgIpc) is 3.43. The van der Waals surface area contributed by atoms with Crippen LogP contribution >= 0.6 is 23.5 Å². The van der Waals surface area contributed by atoms with Crippen molar-refractivity contribution in [3.05, 3.63) is 98.9 Å². The fraction of sp³-hybridized carbons (Fsp3) is 0.143. The van der Waals surface area contributed by atoms with Crippen LogP contribution in [0.2, 0.25) is 0 Å². The van der Waals surface area contributed by atoms with Crippen molar-refractivity contribution in [3.8, 4) is 0 Å². The lowest BCUT2D eigenvalue weighted by molar-refractivity contribution is -0.122. The Kier molecular flexibility index (Phi) is 5.58. The lowest BCUT2D eigenvalue weighted by atomic mass is 9.84. The second-order valence-corrected chi connectivity index (χ2v) is 10.4. The van der Waals surface area contributed by atoms with Gasteiger partial charge >= 0.3 is 0 Å². The van der Waals surface area contributed by atoms with Crippen LogP contribution in [0.1, 0.15) is 45.7 Å². The van der Waals surface area contributed by atoms with E-state index in [0.29, 0.717) is 44.6 Å². The number of thioether (sulfide) groups is 2. The number of amides is 1. The lowest BCUT2D eigenvalue weighted by Crippen LogP contribution is -2.29. The minimum absolute atomic E-state index is 0.0758. The van der Waals surface area contributed by atoms with E-state index in [9.17, 15) is 14.4 Å². The Morgan fingerprint density at radius 2 is 1.36 bits per heavy atom. The molecule has 0 atom stereocenters. The van der Waals surface area contributed by atoms with Crippen molar-refractivity contribution in [2.45, 2.75) is 18.7 Å². The summed E-state index contributed by atoms with van der Waals surface area (Å²) >= 11 is 2.96. The van der Waals surface area contributed by atoms with Crippen LogP contribution in [0.4, 0.5) is 11.4 Å². The van der Waals surface area contributed by atoms with Crippen molar-refractivity contribution < 1.29 is 14.4 Å². The molecule has 0 aromatic heterocycles. The van der Waals surface area contributed by atoms with E-state index in [1.807, 2.05) is 19.1 Å². The maximum absolute atomic E-state index is 13.4. The minimum atomic E-state index is -0.189. The van der Waals surface area contributed by atoms with Gasteiger partial charge in [-0.2, -0.15) is 0 Å². The van der Waals surface area contributed by atoms with E-state index in [1.54, 1.807) is 59.1 Å². The zero-order valence-corrected chi connectivity index (χ0v) is 21.3. The molecule has 0 N–H and O–H groups in total. The van der Waals surface area contributed by atoms with Crippen molar-refractivity contribution >= 4 is 57.5 Å². The molecule has 1 aliphatic carbocycles. The summed E-state index contributed by atoms with van der Waals surface area (Å²) in [6.07, 6.45) is 0. The van der Waals surface area contributed by atoms with Gasteiger partial charge in [-0.15, -0.1) is 0 Å². The van der Waals surface area contributed by atoms with E-state index in [-0.39, 0.29) is 17.5 Å². The molecule has 8 heteroatoms. The molecule has 0 radical (unpaired) electrons. The number of aliphatic imine (C=N–C) groups is 1. The molecule has 6 nitrogen and oxygen atoms in total. The Balaban J connectivity index is 1.38. The molecule has 3 aromatic carbocycles. The highest BCUT2D eigenvalue weighted by Crippen LogP contribution is 2.50. The summed E-state index contributed by atoms with van der Waals surface area (Å²) in [5, 5.41) is 1.48. The Morgan fingerprint density at radius 3 is 2.08 bits per heavy atom. The number of carbonyl (C=O) groups excluding carboxylic acids is 3. The zero-order valence-electron chi connectivity index (χ0n) is 19.6. The van der Waals surface area contributed by atoms with E-state index in [2.05, 4.69) is 24.0 Å². The first-order valence-corrected chi connectivity index (χ1v) is 13.3. The summed E-state index contributed by atoms with van der Waals surface area (Å²) in [6.45, 7) is 5.21. The molecule has 0 unspecified atom stereocenters. The van der Waals surface area contributed by atoms with Crippen LogP contribution in [0.5, 0.6) is 0 Å². The minimum Gasteiger partial charge on any atom is -0.334 e. The predicted molar refractivity (Wildman–Crippen MR) is 144 cm³/mol. The molecule has 1 saturated heterocycles. The Labute approximate surface area is 217 Å². The summed E-state index contributed by atoms with van der Waals surface area (Å²) in [5.41, 5.74) is 3.19. The third kappa shape index (κ3) is 3.43. The number of amidine groups is 1. The molecule has 0 spiro atoms. The third-order valence-corrected chi connectivity index (χ3v) is 8.81. The van der Waals surface area contributed by atoms with Gasteiger partial charge in [0.15, 0.2) is 16.7 Å². The van der Waals surface area contributed by atoms with E-state index in [4.69, 9.17) is 4.99 Å². The highest BCUT2D eigenvalue weighted by molar-refractivity contribution is 8.19. The van der Waals surface area contributed by atoms with Crippen LogP contribution in [-0.2, 0) is 4.79 Å². The second-order valence-electron chi connectivity index (χ2n) is 8.43. The average molecular weight is 512 g/mol. The number of nitrogens with zero attached hydrogens (tertiary/aromatic N) is 3. The summed E-state index contributed by atoms with van der Waals surface area (Å²) in [4.78, 5) is 49.9. The fourth-order valence-corrected chi connectivity index (χ4v) is 7.14. The fourth-order valence-electron chi connectivity index (χ4n) is 4.68. The number of likely N-dealkylation sites (N-methyl/N-ethyl adjacent to an activating group) is 1. The number of hydrogen-bond acceptors (Lipinski definition) is 7. The topological polar surface area (TPSA) is 70.1 Å². The van der Waals surface area contributed by atoms with Crippen molar-refractivity contribution in [1.29, 1.82) is 0 Å². The van der Waals surface area contributed by atoms with Crippen LogP contribution in [0.15, 0.2) is 86.6 Å².